The highest BCUT2D eigenvalue weighted by Crippen LogP contribution is 2.21. The van der Waals surface area contributed by atoms with E-state index in [1.807, 2.05) is 10.8 Å². The average Bonchev–Trinajstić information content (AvgIpc) is 2.80. The quantitative estimate of drug-likeness (QED) is 0.653. The molecule has 1 aromatic heterocycles. The first-order valence-electron chi connectivity index (χ1n) is 6.54. The summed E-state index contributed by atoms with van der Waals surface area (Å²) in [7, 11) is -3.13. The van der Waals surface area contributed by atoms with Gasteiger partial charge in [-0.05, 0) is 37.1 Å². The molecule has 114 valence electrons. The molecule has 0 saturated heterocycles. The molecule has 0 fully saturated rings. The van der Waals surface area contributed by atoms with E-state index < -0.39 is 10.0 Å². The molecule has 0 unspecified atom stereocenters. The molecule has 1 aromatic carbocycles. The second-order valence-corrected chi connectivity index (χ2v) is 7.84. The van der Waals surface area contributed by atoms with Gasteiger partial charge in [0.1, 0.15) is 0 Å². The Balaban J connectivity index is 2.08. The summed E-state index contributed by atoms with van der Waals surface area (Å²) in [6.45, 7) is 4.52. The molecule has 1 heterocycles. The van der Waals surface area contributed by atoms with Gasteiger partial charge >= 0.3 is 0 Å². The zero-order valence-corrected chi connectivity index (χ0v) is 14.0. The van der Waals surface area contributed by atoms with Gasteiger partial charge in [0.15, 0.2) is 5.16 Å². The molecule has 0 spiro atoms. The SMILES string of the molecule is Cc1cc(C)cc(-n2ccnc2SCCNS(C)(=O)=O)c1. The van der Waals surface area contributed by atoms with E-state index in [0.29, 0.717) is 12.3 Å². The van der Waals surface area contributed by atoms with Crippen LogP contribution in [0.15, 0.2) is 35.7 Å². The molecular weight excluding hydrogens is 306 g/mol. The number of benzene rings is 1. The minimum absolute atomic E-state index is 0.392. The van der Waals surface area contributed by atoms with Gasteiger partial charge in [-0.15, -0.1) is 0 Å². The minimum atomic E-state index is -3.13. The number of hydrogen-bond donors (Lipinski definition) is 1. The number of nitrogens with zero attached hydrogens (tertiary/aromatic N) is 2. The molecule has 0 saturated carbocycles. The summed E-state index contributed by atoms with van der Waals surface area (Å²) >= 11 is 1.53. The normalized spacial score (nSPS) is 11.8. The maximum Gasteiger partial charge on any atom is 0.208 e. The van der Waals surface area contributed by atoms with Crippen molar-refractivity contribution >= 4 is 21.8 Å². The summed E-state index contributed by atoms with van der Waals surface area (Å²) < 4.78 is 26.5. The molecule has 0 bridgehead atoms. The highest BCUT2D eigenvalue weighted by molar-refractivity contribution is 7.99. The van der Waals surface area contributed by atoms with Crippen LogP contribution in [0.1, 0.15) is 11.1 Å². The number of aromatic nitrogens is 2. The Kier molecular flexibility index (Phi) is 5.08. The Morgan fingerprint density at radius 1 is 1.24 bits per heavy atom. The van der Waals surface area contributed by atoms with Gasteiger partial charge < -0.3 is 0 Å². The van der Waals surface area contributed by atoms with E-state index in [1.165, 1.54) is 22.9 Å². The van der Waals surface area contributed by atoms with E-state index in [0.717, 1.165) is 17.1 Å². The van der Waals surface area contributed by atoms with Crippen LogP contribution in [0.2, 0.25) is 0 Å². The summed E-state index contributed by atoms with van der Waals surface area (Å²) in [5.74, 6) is 0.634. The van der Waals surface area contributed by atoms with E-state index >= 15 is 0 Å². The fourth-order valence-electron chi connectivity index (χ4n) is 2.05. The van der Waals surface area contributed by atoms with Crippen molar-refractivity contribution in [2.45, 2.75) is 19.0 Å². The number of thioether (sulfide) groups is 1. The monoisotopic (exact) mass is 325 g/mol. The summed E-state index contributed by atoms with van der Waals surface area (Å²) in [5.41, 5.74) is 3.48. The number of sulfonamides is 1. The van der Waals surface area contributed by atoms with Crippen LogP contribution in [-0.4, -0.2) is 36.5 Å². The lowest BCUT2D eigenvalue weighted by Gasteiger charge is -2.09. The van der Waals surface area contributed by atoms with Crippen LogP contribution in [0, 0.1) is 13.8 Å². The Morgan fingerprint density at radius 2 is 1.90 bits per heavy atom. The first kappa shape index (κ1) is 16.1. The van der Waals surface area contributed by atoms with Crippen molar-refractivity contribution in [2.75, 3.05) is 18.6 Å². The van der Waals surface area contributed by atoms with Gasteiger partial charge in [0.05, 0.1) is 6.26 Å². The molecule has 0 atom stereocenters. The highest BCUT2D eigenvalue weighted by Gasteiger charge is 2.07. The topological polar surface area (TPSA) is 64.0 Å². The van der Waals surface area contributed by atoms with E-state index in [2.05, 4.69) is 41.8 Å². The van der Waals surface area contributed by atoms with Crippen LogP contribution in [0.5, 0.6) is 0 Å². The summed E-state index contributed by atoms with van der Waals surface area (Å²) in [6, 6.07) is 6.34. The van der Waals surface area contributed by atoms with Gasteiger partial charge in [-0.2, -0.15) is 0 Å². The first-order chi connectivity index (χ1) is 9.85. The lowest BCUT2D eigenvalue weighted by atomic mass is 10.1. The van der Waals surface area contributed by atoms with Crippen molar-refractivity contribution in [2.24, 2.45) is 0 Å². The second-order valence-electron chi connectivity index (χ2n) is 4.94. The molecule has 5 nitrogen and oxygen atoms in total. The average molecular weight is 325 g/mol. The van der Waals surface area contributed by atoms with Gasteiger partial charge in [0.25, 0.3) is 0 Å². The fraction of sp³-hybridized carbons (Fsp3) is 0.357. The molecule has 1 N–H and O–H groups in total. The van der Waals surface area contributed by atoms with Gasteiger partial charge in [-0.3, -0.25) is 4.57 Å². The van der Waals surface area contributed by atoms with Crippen LogP contribution in [0.25, 0.3) is 5.69 Å². The van der Waals surface area contributed by atoms with Crippen LogP contribution < -0.4 is 4.72 Å². The van der Waals surface area contributed by atoms with Gasteiger partial charge in [-0.1, -0.05) is 17.8 Å². The van der Waals surface area contributed by atoms with Crippen LogP contribution in [0.4, 0.5) is 0 Å². The van der Waals surface area contributed by atoms with Crippen LogP contribution >= 0.6 is 11.8 Å². The molecular formula is C14H19N3O2S2. The molecule has 21 heavy (non-hydrogen) atoms. The first-order valence-corrected chi connectivity index (χ1v) is 9.42. The Labute approximate surface area is 129 Å². The van der Waals surface area contributed by atoms with E-state index in [-0.39, 0.29) is 0 Å². The molecule has 2 rings (SSSR count). The van der Waals surface area contributed by atoms with Gasteiger partial charge in [-0.25, -0.2) is 18.1 Å². The molecule has 0 aliphatic rings. The van der Waals surface area contributed by atoms with Crippen molar-refractivity contribution < 1.29 is 8.42 Å². The third-order valence-electron chi connectivity index (χ3n) is 2.79. The minimum Gasteiger partial charge on any atom is -0.295 e. The number of imidazole rings is 1. The van der Waals surface area contributed by atoms with Gasteiger partial charge in [0, 0.05) is 30.4 Å². The van der Waals surface area contributed by atoms with Crippen molar-refractivity contribution in [3.8, 4) is 5.69 Å². The number of aryl methyl sites for hydroxylation is 2. The standard InChI is InChI=1S/C14H19N3O2S2/c1-11-8-12(2)10-13(9-11)17-6-4-15-14(17)20-7-5-16-21(3,18)19/h4,6,8-10,16H,5,7H2,1-3H3. The largest absolute Gasteiger partial charge is 0.295 e. The fourth-order valence-corrected chi connectivity index (χ4v) is 3.48. The summed E-state index contributed by atoms with van der Waals surface area (Å²) in [5, 5.41) is 0.857. The predicted octanol–water partition coefficient (Wildman–Crippen LogP) is 2.13. The predicted molar refractivity (Wildman–Crippen MR) is 86.6 cm³/mol. The molecule has 0 radical (unpaired) electrons. The Bertz CT molecular complexity index is 703. The van der Waals surface area contributed by atoms with Crippen molar-refractivity contribution in [1.29, 1.82) is 0 Å². The Hall–Kier alpha value is -1.31. The van der Waals surface area contributed by atoms with Crippen LogP contribution in [-0.2, 0) is 10.0 Å². The molecule has 0 aliphatic heterocycles. The number of hydrogen-bond acceptors (Lipinski definition) is 4. The van der Waals surface area contributed by atoms with Crippen molar-refractivity contribution in [1.82, 2.24) is 14.3 Å². The van der Waals surface area contributed by atoms with Crippen molar-refractivity contribution in [3.63, 3.8) is 0 Å². The van der Waals surface area contributed by atoms with E-state index in [9.17, 15) is 8.42 Å². The number of nitrogens with one attached hydrogen (secondary N) is 1. The van der Waals surface area contributed by atoms with E-state index in [4.69, 9.17) is 0 Å². The number of rotatable bonds is 6. The molecule has 2 aromatic rings. The lowest BCUT2D eigenvalue weighted by Crippen LogP contribution is -2.24. The zero-order valence-electron chi connectivity index (χ0n) is 12.3. The third-order valence-corrected chi connectivity index (χ3v) is 4.49. The van der Waals surface area contributed by atoms with Crippen molar-refractivity contribution in [3.05, 3.63) is 41.7 Å². The Morgan fingerprint density at radius 3 is 2.52 bits per heavy atom. The van der Waals surface area contributed by atoms with Gasteiger partial charge in [0.2, 0.25) is 10.0 Å². The van der Waals surface area contributed by atoms with E-state index in [1.54, 1.807) is 6.20 Å². The summed E-state index contributed by atoms with van der Waals surface area (Å²) in [4.78, 5) is 4.33. The lowest BCUT2D eigenvalue weighted by molar-refractivity contribution is 0.590. The summed E-state index contributed by atoms with van der Waals surface area (Å²) in [6.07, 6.45) is 4.83. The third kappa shape index (κ3) is 4.87. The molecule has 7 heteroatoms. The maximum atomic E-state index is 11.0. The highest BCUT2D eigenvalue weighted by atomic mass is 32.2. The second kappa shape index (κ2) is 6.64. The maximum absolute atomic E-state index is 11.0. The smallest absolute Gasteiger partial charge is 0.208 e. The molecule has 0 aliphatic carbocycles. The van der Waals surface area contributed by atoms with Crippen LogP contribution in [0.3, 0.4) is 0 Å². The zero-order chi connectivity index (χ0) is 15.5. The molecule has 0 amide bonds.